The van der Waals surface area contributed by atoms with Gasteiger partial charge in [-0.15, -0.1) is 0 Å². The van der Waals surface area contributed by atoms with Gasteiger partial charge in [0.15, 0.2) is 0 Å². The van der Waals surface area contributed by atoms with Gasteiger partial charge in [-0.05, 0) is 48.7 Å². The Morgan fingerprint density at radius 2 is 1.86 bits per heavy atom. The summed E-state index contributed by atoms with van der Waals surface area (Å²) in [5.74, 6) is -1.93. The van der Waals surface area contributed by atoms with Crippen molar-refractivity contribution in [1.82, 2.24) is 9.97 Å². The number of esters is 1. The predicted molar refractivity (Wildman–Crippen MR) is 133 cm³/mol. The van der Waals surface area contributed by atoms with E-state index in [-0.39, 0.29) is 24.4 Å². The number of rotatable bonds is 5. The van der Waals surface area contributed by atoms with Crippen molar-refractivity contribution in [2.45, 2.75) is 32.2 Å². The Kier molecular flexibility index (Phi) is 6.24. The van der Waals surface area contributed by atoms with Crippen molar-refractivity contribution >= 4 is 35.2 Å². The summed E-state index contributed by atoms with van der Waals surface area (Å²) in [6.45, 7) is 3.22. The lowest BCUT2D eigenvalue weighted by molar-refractivity contribution is -0.123. The molecular weight excluding hydrogens is 462 g/mol. The number of carbonyl (C=O) groups excluding carboxylic acids is 3. The van der Waals surface area contributed by atoms with Gasteiger partial charge in [0.1, 0.15) is 5.82 Å². The number of hydrogen-bond acceptors (Lipinski definition) is 7. The van der Waals surface area contributed by atoms with E-state index in [1.54, 1.807) is 19.1 Å². The zero-order valence-electron chi connectivity index (χ0n) is 19.7. The molecule has 3 aromatic rings. The smallest absolute Gasteiger partial charge is 0.338 e. The minimum atomic E-state index is -1.01. The first-order valence-corrected chi connectivity index (χ1v) is 11.8. The monoisotopic (exact) mass is 487 g/mol. The second-order valence-electron chi connectivity index (χ2n) is 8.68. The van der Waals surface area contributed by atoms with Gasteiger partial charge in [0.05, 0.1) is 23.7 Å². The Balaban J connectivity index is 1.37. The number of anilines is 3. The highest BCUT2D eigenvalue weighted by Gasteiger charge is 2.35. The Labute approximate surface area is 206 Å². The molecule has 0 radical (unpaired) electrons. The van der Waals surface area contributed by atoms with Crippen LogP contribution in [0.25, 0.3) is 0 Å². The van der Waals surface area contributed by atoms with Gasteiger partial charge in [-0.1, -0.05) is 24.3 Å². The number of aromatic amines is 1. The number of aromatic nitrogens is 2. The summed E-state index contributed by atoms with van der Waals surface area (Å²) in [7, 11) is 0. The Bertz CT molecular complexity index is 1400. The molecule has 1 aromatic heterocycles. The lowest BCUT2D eigenvalue weighted by atomic mass is 9.92. The van der Waals surface area contributed by atoms with Gasteiger partial charge in [0.25, 0.3) is 5.56 Å². The average molecular weight is 488 g/mol. The van der Waals surface area contributed by atoms with Gasteiger partial charge < -0.3 is 20.3 Å². The van der Waals surface area contributed by atoms with Crippen LogP contribution in [0.1, 0.15) is 46.3 Å². The van der Waals surface area contributed by atoms with Crippen molar-refractivity contribution in [2.24, 2.45) is 0 Å². The maximum Gasteiger partial charge on any atom is 0.338 e. The van der Waals surface area contributed by atoms with E-state index in [1.807, 2.05) is 23.1 Å². The molecule has 0 unspecified atom stereocenters. The summed E-state index contributed by atoms with van der Waals surface area (Å²) >= 11 is 0. The third kappa shape index (κ3) is 4.57. The maximum absolute atomic E-state index is 13.1. The Morgan fingerprint density at radius 3 is 2.61 bits per heavy atom. The van der Waals surface area contributed by atoms with E-state index in [9.17, 15) is 19.2 Å². The average Bonchev–Trinajstić information content (AvgIpc) is 2.88. The quantitative estimate of drug-likeness (QED) is 0.471. The third-order valence-corrected chi connectivity index (χ3v) is 6.35. The summed E-state index contributed by atoms with van der Waals surface area (Å²) in [6.07, 6.45) is 0.629. The standard InChI is InChI=1S/C26H25N5O5/c1-2-36-25(35)16-7-9-18(10-8-16)27-23(33)19-13-20(32)28-22-21(19)24(34)30-26(29-22)31-12-11-15-5-3-4-6-17(15)14-31/h3-10,19H,2,11-14H2,1H3,(H,27,33)(H2,28,29,30,32,34)/t19-/m1/s1. The van der Waals surface area contributed by atoms with Crippen LogP contribution in [0, 0.1) is 0 Å². The van der Waals surface area contributed by atoms with Crippen LogP contribution in [-0.4, -0.2) is 40.9 Å². The SMILES string of the molecule is CCOC(=O)c1ccc(NC(=O)[C@@H]2CC(=O)Nc3nc(N4CCc5ccccc5C4)[nH]c(=O)c32)cc1. The number of nitrogens with one attached hydrogen (secondary N) is 3. The lowest BCUT2D eigenvalue weighted by Crippen LogP contribution is -2.38. The molecule has 0 spiro atoms. The first-order chi connectivity index (χ1) is 17.4. The van der Waals surface area contributed by atoms with Gasteiger partial charge >= 0.3 is 5.97 Å². The lowest BCUT2D eigenvalue weighted by Gasteiger charge is -2.30. The highest BCUT2D eigenvalue weighted by molar-refractivity contribution is 6.04. The molecule has 2 aromatic carbocycles. The molecule has 5 rings (SSSR count). The third-order valence-electron chi connectivity index (χ3n) is 6.35. The number of carbonyl (C=O) groups is 3. The minimum Gasteiger partial charge on any atom is -0.462 e. The maximum atomic E-state index is 13.1. The summed E-state index contributed by atoms with van der Waals surface area (Å²) in [6, 6.07) is 14.3. The molecule has 0 saturated heterocycles. The van der Waals surface area contributed by atoms with E-state index in [2.05, 4.69) is 26.7 Å². The van der Waals surface area contributed by atoms with Crippen LogP contribution >= 0.6 is 0 Å². The summed E-state index contributed by atoms with van der Waals surface area (Å²) in [4.78, 5) is 59.8. The zero-order chi connectivity index (χ0) is 25.2. The fourth-order valence-electron chi connectivity index (χ4n) is 4.54. The van der Waals surface area contributed by atoms with Gasteiger partial charge in [-0.2, -0.15) is 4.98 Å². The number of hydrogen-bond donors (Lipinski definition) is 3. The van der Waals surface area contributed by atoms with Crippen molar-refractivity contribution in [1.29, 1.82) is 0 Å². The Hall–Kier alpha value is -4.47. The van der Waals surface area contributed by atoms with Crippen molar-refractivity contribution in [3.8, 4) is 0 Å². The van der Waals surface area contributed by atoms with Gasteiger partial charge in [0.2, 0.25) is 17.8 Å². The van der Waals surface area contributed by atoms with Crippen LogP contribution in [0.3, 0.4) is 0 Å². The second kappa shape index (κ2) is 9.65. The highest BCUT2D eigenvalue weighted by atomic mass is 16.5. The first-order valence-electron chi connectivity index (χ1n) is 11.8. The molecule has 2 aliphatic rings. The largest absolute Gasteiger partial charge is 0.462 e. The van der Waals surface area contributed by atoms with Crippen LogP contribution in [0.5, 0.6) is 0 Å². The molecule has 0 aliphatic carbocycles. The summed E-state index contributed by atoms with van der Waals surface area (Å²) in [5, 5.41) is 5.38. The summed E-state index contributed by atoms with van der Waals surface area (Å²) in [5.41, 5.74) is 2.84. The second-order valence-corrected chi connectivity index (χ2v) is 8.68. The van der Waals surface area contributed by atoms with Crippen LogP contribution in [0.2, 0.25) is 0 Å². The molecule has 184 valence electrons. The van der Waals surface area contributed by atoms with Crippen LogP contribution in [-0.2, 0) is 27.3 Å². The fraction of sp³-hybridized carbons (Fsp3) is 0.269. The molecule has 3 N–H and O–H groups in total. The van der Waals surface area contributed by atoms with Crippen LogP contribution in [0.4, 0.5) is 17.5 Å². The van der Waals surface area contributed by atoms with Crippen LogP contribution < -0.4 is 21.1 Å². The Morgan fingerprint density at radius 1 is 1.11 bits per heavy atom. The van der Waals surface area contributed by atoms with Crippen molar-refractivity contribution in [2.75, 3.05) is 28.7 Å². The number of amides is 2. The molecule has 2 aliphatic heterocycles. The topological polar surface area (TPSA) is 133 Å². The molecule has 10 nitrogen and oxygen atoms in total. The molecule has 36 heavy (non-hydrogen) atoms. The minimum absolute atomic E-state index is 0.0988. The van der Waals surface area contributed by atoms with E-state index in [4.69, 9.17) is 4.74 Å². The van der Waals surface area contributed by atoms with Gasteiger partial charge in [0, 0.05) is 25.2 Å². The fourth-order valence-corrected chi connectivity index (χ4v) is 4.54. The van der Waals surface area contributed by atoms with E-state index < -0.39 is 29.3 Å². The van der Waals surface area contributed by atoms with E-state index in [0.717, 1.165) is 12.0 Å². The number of ether oxygens (including phenoxy) is 1. The number of fused-ring (bicyclic) bond motifs is 2. The zero-order valence-corrected chi connectivity index (χ0v) is 19.7. The van der Waals surface area contributed by atoms with E-state index in [0.29, 0.717) is 30.3 Å². The molecular formula is C26H25N5O5. The predicted octanol–water partition coefficient (Wildman–Crippen LogP) is 2.57. The molecule has 0 bridgehead atoms. The number of nitrogens with zero attached hydrogens (tertiary/aromatic N) is 2. The van der Waals surface area contributed by atoms with E-state index >= 15 is 0 Å². The molecule has 3 heterocycles. The van der Waals surface area contributed by atoms with Crippen LogP contribution in [0.15, 0.2) is 53.3 Å². The highest BCUT2D eigenvalue weighted by Crippen LogP contribution is 2.31. The molecule has 2 amide bonds. The normalized spacial score (nSPS) is 16.4. The van der Waals surface area contributed by atoms with Crippen molar-refractivity contribution < 1.29 is 19.1 Å². The first kappa shape index (κ1) is 23.3. The molecule has 0 fully saturated rings. The van der Waals surface area contributed by atoms with Crippen molar-refractivity contribution in [3.63, 3.8) is 0 Å². The van der Waals surface area contributed by atoms with Gasteiger partial charge in [-0.3, -0.25) is 19.4 Å². The molecule has 10 heteroatoms. The van der Waals surface area contributed by atoms with Gasteiger partial charge in [-0.25, -0.2) is 4.79 Å². The molecule has 1 atom stereocenters. The number of benzene rings is 2. The van der Waals surface area contributed by atoms with E-state index in [1.165, 1.54) is 17.7 Å². The van der Waals surface area contributed by atoms with Crippen molar-refractivity contribution in [3.05, 3.63) is 81.1 Å². The molecule has 0 saturated carbocycles. The summed E-state index contributed by atoms with van der Waals surface area (Å²) < 4.78 is 4.96. The number of H-pyrrole nitrogens is 1.